The highest BCUT2D eigenvalue weighted by Crippen LogP contribution is 2.38. The summed E-state index contributed by atoms with van der Waals surface area (Å²) in [5, 5.41) is 4.01. The van der Waals surface area contributed by atoms with E-state index in [-0.39, 0.29) is 24.5 Å². The van der Waals surface area contributed by atoms with Gasteiger partial charge in [-0.3, -0.25) is 9.78 Å². The molecule has 1 fully saturated rings. The minimum absolute atomic E-state index is 0.0259. The number of pyridine rings is 1. The predicted octanol–water partition coefficient (Wildman–Crippen LogP) is 3.00. The van der Waals surface area contributed by atoms with Crippen LogP contribution in [0.1, 0.15) is 49.7 Å². The van der Waals surface area contributed by atoms with Crippen molar-refractivity contribution in [1.82, 2.24) is 19.8 Å². The van der Waals surface area contributed by atoms with Crippen molar-refractivity contribution < 1.29 is 9.53 Å². The number of hydrogen-bond acceptors (Lipinski definition) is 4. The van der Waals surface area contributed by atoms with E-state index in [1.54, 1.807) is 6.20 Å². The Labute approximate surface area is 159 Å². The van der Waals surface area contributed by atoms with Gasteiger partial charge in [-0.1, -0.05) is 6.07 Å². The van der Waals surface area contributed by atoms with Crippen molar-refractivity contribution in [1.29, 1.82) is 0 Å². The summed E-state index contributed by atoms with van der Waals surface area (Å²) < 4.78 is 6.96. The van der Waals surface area contributed by atoms with Crippen molar-refractivity contribution in [2.45, 2.75) is 38.4 Å². The number of thiocarbonyl (C=S) groups is 1. The molecule has 0 aliphatic carbocycles. The summed E-state index contributed by atoms with van der Waals surface area (Å²) in [6.45, 7) is 4.79. The maximum atomic E-state index is 11.6. The summed E-state index contributed by atoms with van der Waals surface area (Å²) in [6.07, 6.45) is 6.30. The lowest BCUT2D eigenvalue weighted by atomic mass is 9.99. The quantitative estimate of drug-likeness (QED) is 0.621. The van der Waals surface area contributed by atoms with Gasteiger partial charge in [0.2, 0.25) is 0 Å². The molecule has 1 saturated heterocycles. The molecule has 26 heavy (non-hydrogen) atoms. The van der Waals surface area contributed by atoms with Crippen LogP contribution in [0.2, 0.25) is 0 Å². The molecule has 2 atom stereocenters. The molecule has 2 aromatic heterocycles. The number of hydrogen-bond donors (Lipinski definition) is 1. The first-order valence-corrected chi connectivity index (χ1v) is 9.14. The Bertz CT molecular complexity index is 775. The number of rotatable bonds is 6. The predicted molar refractivity (Wildman–Crippen MR) is 104 cm³/mol. The molecule has 3 rings (SSSR count). The molecule has 0 saturated carbocycles. The zero-order valence-electron chi connectivity index (χ0n) is 15.3. The van der Waals surface area contributed by atoms with Gasteiger partial charge >= 0.3 is 5.97 Å². The van der Waals surface area contributed by atoms with Gasteiger partial charge in [0.15, 0.2) is 5.11 Å². The number of carbonyl (C=O) groups is 1. The van der Waals surface area contributed by atoms with Crippen molar-refractivity contribution in [3.63, 3.8) is 0 Å². The van der Waals surface area contributed by atoms with Crippen LogP contribution in [-0.2, 0) is 9.53 Å². The first-order valence-electron chi connectivity index (χ1n) is 8.73. The highest BCUT2D eigenvalue weighted by Gasteiger charge is 2.40. The molecule has 2 aromatic rings. The van der Waals surface area contributed by atoms with Crippen LogP contribution in [0.4, 0.5) is 0 Å². The third kappa shape index (κ3) is 3.72. The molecule has 0 unspecified atom stereocenters. The van der Waals surface area contributed by atoms with Crippen molar-refractivity contribution >= 4 is 23.3 Å². The summed E-state index contributed by atoms with van der Waals surface area (Å²) in [5.74, 6) is -0.243. The number of nitrogens with one attached hydrogen (secondary N) is 1. The van der Waals surface area contributed by atoms with Gasteiger partial charge in [-0.2, -0.15) is 0 Å². The first kappa shape index (κ1) is 18.4. The van der Waals surface area contributed by atoms with Crippen LogP contribution in [-0.4, -0.2) is 39.2 Å². The topological polar surface area (TPSA) is 59.4 Å². The normalized spacial score (nSPS) is 19.7. The van der Waals surface area contributed by atoms with Crippen molar-refractivity contribution in [3.8, 4) is 0 Å². The molecule has 3 heterocycles. The Morgan fingerprint density at radius 3 is 2.81 bits per heavy atom. The fourth-order valence-corrected chi connectivity index (χ4v) is 3.58. The maximum Gasteiger partial charge on any atom is 0.307 e. The van der Waals surface area contributed by atoms with Gasteiger partial charge in [-0.05, 0) is 49.8 Å². The molecule has 138 valence electrons. The Morgan fingerprint density at radius 1 is 1.38 bits per heavy atom. The molecule has 6 nitrogen and oxygen atoms in total. The van der Waals surface area contributed by atoms with E-state index in [1.165, 1.54) is 7.11 Å². The maximum absolute atomic E-state index is 11.6. The molecule has 0 bridgehead atoms. The van der Waals surface area contributed by atoms with Crippen LogP contribution in [0.25, 0.3) is 0 Å². The number of aromatic nitrogens is 2. The molecule has 0 spiro atoms. The van der Waals surface area contributed by atoms with Crippen LogP contribution in [0.3, 0.4) is 0 Å². The zero-order chi connectivity index (χ0) is 18.7. The van der Waals surface area contributed by atoms with Crippen LogP contribution in [0.15, 0.2) is 42.9 Å². The highest BCUT2D eigenvalue weighted by atomic mass is 32.1. The van der Waals surface area contributed by atoms with E-state index in [1.807, 2.05) is 18.2 Å². The fourth-order valence-electron chi connectivity index (χ4n) is 3.25. The van der Waals surface area contributed by atoms with Crippen molar-refractivity contribution in [2.24, 2.45) is 0 Å². The molecule has 7 heteroatoms. The molecule has 1 aliphatic rings. The molecular formula is C19H24N4O2S. The van der Waals surface area contributed by atoms with E-state index in [0.717, 1.165) is 11.3 Å². The molecular weight excluding hydrogens is 348 g/mol. The zero-order valence-corrected chi connectivity index (χ0v) is 16.1. The number of carbonyl (C=O) groups excluding carboxylic acids is 1. The average Bonchev–Trinajstić information content (AvgIpc) is 3.25. The van der Waals surface area contributed by atoms with E-state index in [9.17, 15) is 4.79 Å². The molecule has 0 amide bonds. The van der Waals surface area contributed by atoms with Gasteiger partial charge in [0, 0.05) is 31.2 Å². The van der Waals surface area contributed by atoms with Crippen molar-refractivity contribution in [3.05, 3.63) is 54.1 Å². The van der Waals surface area contributed by atoms with Gasteiger partial charge in [0.1, 0.15) is 0 Å². The van der Waals surface area contributed by atoms with E-state index < -0.39 is 0 Å². The van der Waals surface area contributed by atoms with Gasteiger partial charge in [-0.25, -0.2) is 0 Å². The second-order valence-electron chi connectivity index (χ2n) is 6.63. The fraction of sp³-hybridized carbons (Fsp3) is 0.421. The summed E-state index contributed by atoms with van der Waals surface area (Å²) >= 11 is 5.57. The average molecular weight is 372 g/mol. The minimum atomic E-state index is -0.243. The molecule has 0 radical (unpaired) electrons. The standard InChI is InChI=1S/C19H24N4O2S/c1-13(2)22-10-7-14(12-22)18-17(15-6-4-5-9-20-15)21-19(26)23(18)11-8-16(24)25-3/h4-7,9-10,12-13,17-18H,8,11H2,1-3H3,(H,21,26)/t17-,18-/m1/s1. The monoisotopic (exact) mass is 372 g/mol. The summed E-state index contributed by atoms with van der Waals surface area (Å²) in [7, 11) is 1.40. The smallest absolute Gasteiger partial charge is 0.307 e. The molecule has 1 N–H and O–H groups in total. The van der Waals surface area contributed by atoms with Gasteiger partial charge in [-0.15, -0.1) is 0 Å². The van der Waals surface area contributed by atoms with Gasteiger partial charge in [0.25, 0.3) is 0 Å². The van der Waals surface area contributed by atoms with Crippen LogP contribution in [0.5, 0.6) is 0 Å². The van der Waals surface area contributed by atoms with Crippen molar-refractivity contribution in [2.75, 3.05) is 13.7 Å². The number of nitrogens with zero attached hydrogens (tertiary/aromatic N) is 3. The van der Waals surface area contributed by atoms with Crippen LogP contribution in [0, 0.1) is 0 Å². The lowest BCUT2D eigenvalue weighted by molar-refractivity contribution is -0.140. The second kappa shape index (κ2) is 7.86. The number of ether oxygens (including phenoxy) is 1. The SMILES string of the molecule is COC(=O)CCN1C(=S)N[C@H](c2ccccn2)[C@H]1c1ccn(C(C)C)c1. The largest absolute Gasteiger partial charge is 0.469 e. The van der Waals surface area contributed by atoms with E-state index >= 15 is 0 Å². The van der Waals surface area contributed by atoms with E-state index in [2.05, 4.69) is 52.1 Å². The van der Waals surface area contributed by atoms with E-state index in [4.69, 9.17) is 17.0 Å². The minimum Gasteiger partial charge on any atom is -0.469 e. The van der Waals surface area contributed by atoms with Gasteiger partial charge < -0.3 is 19.5 Å². The third-order valence-electron chi connectivity index (χ3n) is 4.66. The van der Waals surface area contributed by atoms with Crippen LogP contribution >= 0.6 is 12.2 Å². The Hall–Kier alpha value is -2.41. The number of methoxy groups -OCH3 is 1. The molecule has 1 aliphatic heterocycles. The molecule has 0 aromatic carbocycles. The Kier molecular flexibility index (Phi) is 5.56. The second-order valence-corrected chi connectivity index (χ2v) is 7.02. The summed E-state index contributed by atoms with van der Waals surface area (Å²) in [5.41, 5.74) is 2.07. The first-order chi connectivity index (χ1) is 12.5. The Morgan fingerprint density at radius 2 is 2.19 bits per heavy atom. The lowest BCUT2D eigenvalue weighted by Crippen LogP contribution is -2.31. The summed E-state index contributed by atoms with van der Waals surface area (Å²) in [4.78, 5) is 18.2. The lowest BCUT2D eigenvalue weighted by Gasteiger charge is -2.27. The third-order valence-corrected chi connectivity index (χ3v) is 5.01. The number of esters is 1. The van der Waals surface area contributed by atoms with Gasteiger partial charge in [0.05, 0.1) is 31.3 Å². The Balaban J connectivity index is 1.94. The summed E-state index contributed by atoms with van der Waals surface area (Å²) in [6, 6.07) is 8.27. The highest BCUT2D eigenvalue weighted by molar-refractivity contribution is 7.80. The van der Waals surface area contributed by atoms with Crippen LogP contribution < -0.4 is 5.32 Å². The van der Waals surface area contributed by atoms with E-state index in [0.29, 0.717) is 17.7 Å².